The summed E-state index contributed by atoms with van der Waals surface area (Å²) in [6.45, 7) is 3.06. The minimum absolute atomic E-state index is 0.0732. The van der Waals surface area contributed by atoms with E-state index in [0.717, 1.165) is 0 Å². The molecule has 2 heterocycles. The quantitative estimate of drug-likeness (QED) is 0.418. The van der Waals surface area contributed by atoms with E-state index >= 15 is 0 Å². The van der Waals surface area contributed by atoms with E-state index in [9.17, 15) is 19.2 Å². The van der Waals surface area contributed by atoms with Crippen molar-refractivity contribution in [1.82, 2.24) is 9.55 Å². The minimum Gasteiger partial charge on any atom is -0.325 e. The van der Waals surface area contributed by atoms with Crippen molar-refractivity contribution >= 4 is 45.8 Å². The van der Waals surface area contributed by atoms with Crippen molar-refractivity contribution in [2.45, 2.75) is 20.4 Å². The Morgan fingerprint density at radius 2 is 1.74 bits per heavy atom. The maximum atomic E-state index is 13.1. The zero-order valence-corrected chi connectivity index (χ0v) is 19.2. The summed E-state index contributed by atoms with van der Waals surface area (Å²) < 4.78 is 1.49. The minimum atomic E-state index is -0.496. The summed E-state index contributed by atoms with van der Waals surface area (Å²) in [5.41, 5.74) is 1.73. The lowest BCUT2D eigenvalue weighted by molar-refractivity contribution is -0.116. The van der Waals surface area contributed by atoms with E-state index in [1.807, 2.05) is 0 Å². The monoisotopic (exact) mass is 473 g/mol. The van der Waals surface area contributed by atoms with E-state index in [0.29, 0.717) is 27.6 Å². The summed E-state index contributed by atoms with van der Waals surface area (Å²) in [5.74, 6) is -0.954. The van der Waals surface area contributed by atoms with Crippen molar-refractivity contribution in [2.24, 2.45) is 0 Å². The van der Waals surface area contributed by atoms with Crippen LogP contribution in [0.5, 0.6) is 0 Å². The Morgan fingerprint density at radius 3 is 2.41 bits per heavy atom. The highest BCUT2D eigenvalue weighted by molar-refractivity contribution is 6.31. The van der Waals surface area contributed by atoms with Crippen LogP contribution in [0.2, 0.25) is 5.02 Å². The highest BCUT2D eigenvalue weighted by Crippen LogP contribution is 2.17. The van der Waals surface area contributed by atoms with Crippen molar-refractivity contribution in [1.29, 1.82) is 0 Å². The number of hydrogen-bond acceptors (Lipinski definition) is 5. The number of fused-ring (bicyclic) bond motifs is 1. The zero-order chi connectivity index (χ0) is 24.4. The Hall–Kier alpha value is -4.10. The number of aromatic nitrogens is 2. The first-order valence-corrected chi connectivity index (χ1v) is 10.8. The van der Waals surface area contributed by atoms with Gasteiger partial charge in [-0.3, -0.25) is 19.2 Å². The molecule has 0 aliphatic rings. The number of carbonyl (C=O) groups excluding carboxylic acids is 3. The molecule has 1 amide bonds. The van der Waals surface area contributed by atoms with Crippen LogP contribution in [0.15, 0.2) is 71.7 Å². The third-order valence-electron chi connectivity index (χ3n) is 5.28. The molecule has 0 aliphatic heterocycles. The molecule has 2 aromatic carbocycles. The molecule has 0 atom stereocenters. The highest BCUT2D eigenvalue weighted by atomic mass is 35.5. The molecule has 4 aromatic rings. The molecule has 0 aliphatic carbocycles. The Bertz CT molecular complexity index is 1510. The summed E-state index contributed by atoms with van der Waals surface area (Å²) in [6, 6.07) is 16.1. The summed E-state index contributed by atoms with van der Waals surface area (Å²) >= 11 is 6.02. The number of Topliss-reactive ketones (excluding diaryl/α,β-unsaturated/α-hetero) is 1. The second-order valence-electron chi connectivity index (χ2n) is 7.84. The molecule has 0 radical (unpaired) electrons. The van der Waals surface area contributed by atoms with E-state index in [1.165, 1.54) is 23.8 Å². The lowest BCUT2D eigenvalue weighted by Crippen LogP contribution is -2.25. The Kier molecular flexibility index (Phi) is 6.38. The number of nitrogens with zero attached hydrogens (tertiary/aromatic N) is 2. The maximum Gasteiger partial charge on any atom is 0.244 e. The topological polar surface area (TPSA) is 98.1 Å². The first-order chi connectivity index (χ1) is 16.2. The number of halogens is 1. The number of pyridine rings is 2. The number of nitrogens with one attached hydrogen (secondary N) is 1. The van der Waals surface area contributed by atoms with Crippen LogP contribution in [0.1, 0.15) is 38.9 Å². The highest BCUT2D eigenvalue weighted by Gasteiger charge is 2.19. The fourth-order valence-electron chi connectivity index (χ4n) is 3.57. The largest absolute Gasteiger partial charge is 0.325 e. The molecule has 7 nitrogen and oxygen atoms in total. The van der Waals surface area contributed by atoms with Gasteiger partial charge in [-0.25, -0.2) is 4.98 Å². The molecule has 0 saturated carbocycles. The molecule has 170 valence electrons. The second kappa shape index (κ2) is 9.41. The zero-order valence-electron chi connectivity index (χ0n) is 18.5. The first-order valence-electron chi connectivity index (χ1n) is 10.4. The normalized spacial score (nSPS) is 10.8. The smallest absolute Gasteiger partial charge is 0.244 e. The molecule has 8 heteroatoms. The third-order valence-corrected chi connectivity index (χ3v) is 5.52. The van der Waals surface area contributed by atoms with Crippen LogP contribution in [0.4, 0.5) is 5.69 Å². The summed E-state index contributed by atoms with van der Waals surface area (Å²) in [7, 11) is 0. The molecular formula is C26H20ClN3O4. The van der Waals surface area contributed by atoms with Crippen molar-refractivity contribution < 1.29 is 14.4 Å². The average Bonchev–Trinajstić information content (AvgIpc) is 2.80. The summed E-state index contributed by atoms with van der Waals surface area (Å²) in [6.07, 6.45) is 1.36. The van der Waals surface area contributed by atoms with E-state index in [2.05, 4.69) is 10.3 Å². The number of hydrogen-bond donors (Lipinski definition) is 1. The fourth-order valence-corrected chi connectivity index (χ4v) is 3.76. The number of ketones is 2. The van der Waals surface area contributed by atoms with E-state index in [4.69, 9.17) is 11.6 Å². The van der Waals surface area contributed by atoms with Gasteiger partial charge in [-0.1, -0.05) is 23.7 Å². The predicted molar refractivity (Wildman–Crippen MR) is 131 cm³/mol. The van der Waals surface area contributed by atoms with Crippen molar-refractivity contribution in [3.05, 3.63) is 104 Å². The average molecular weight is 474 g/mol. The van der Waals surface area contributed by atoms with Gasteiger partial charge in [-0.05, 0) is 62.4 Å². The molecule has 0 fully saturated rings. The van der Waals surface area contributed by atoms with Gasteiger partial charge in [0.1, 0.15) is 12.2 Å². The molecule has 0 saturated heterocycles. The van der Waals surface area contributed by atoms with Gasteiger partial charge < -0.3 is 9.88 Å². The Balaban J connectivity index is 1.72. The van der Waals surface area contributed by atoms with Gasteiger partial charge in [0.25, 0.3) is 0 Å². The number of rotatable bonds is 6. The summed E-state index contributed by atoms with van der Waals surface area (Å²) in [4.78, 5) is 54.9. The first kappa shape index (κ1) is 23.1. The van der Waals surface area contributed by atoms with Crippen LogP contribution in [0.3, 0.4) is 0 Å². The van der Waals surface area contributed by atoms with Crippen LogP contribution < -0.4 is 10.7 Å². The van der Waals surface area contributed by atoms with Crippen LogP contribution in [0.25, 0.3) is 11.0 Å². The molecular weight excluding hydrogens is 454 g/mol. The number of carbonyl (C=O) groups is 3. The maximum absolute atomic E-state index is 13.1. The van der Waals surface area contributed by atoms with E-state index in [-0.39, 0.29) is 34.7 Å². The molecule has 0 spiro atoms. The van der Waals surface area contributed by atoms with Crippen LogP contribution in [0, 0.1) is 6.92 Å². The van der Waals surface area contributed by atoms with Gasteiger partial charge in [-0.2, -0.15) is 0 Å². The SMILES string of the molecule is CC(=O)c1ccc(NC(=O)Cn2cc(C(=O)c3cccc(Cl)c3)c(=O)c3ccc(C)nc32)cc1. The second-order valence-corrected chi connectivity index (χ2v) is 8.28. The number of aryl methyl sites for hydroxylation is 1. The van der Waals surface area contributed by atoms with Gasteiger partial charge in [0.2, 0.25) is 11.3 Å². The lowest BCUT2D eigenvalue weighted by atomic mass is 10.0. The summed E-state index contributed by atoms with van der Waals surface area (Å²) in [5, 5.41) is 3.37. The van der Waals surface area contributed by atoms with Crippen molar-refractivity contribution in [3.8, 4) is 0 Å². The van der Waals surface area contributed by atoms with Gasteiger partial charge >= 0.3 is 0 Å². The lowest BCUT2D eigenvalue weighted by Gasteiger charge is -2.13. The fraction of sp³-hybridized carbons (Fsp3) is 0.115. The van der Waals surface area contributed by atoms with Gasteiger partial charge in [0.05, 0.1) is 10.9 Å². The molecule has 1 N–H and O–H groups in total. The van der Waals surface area contributed by atoms with Crippen molar-refractivity contribution in [3.63, 3.8) is 0 Å². The molecule has 0 unspecified atom stereocenters. The number of benzene rings is 2. The van der Waals surface area contributed by atoms with E-state index in [1.54, 1.807) is 61.5 Å². The number of anilines is 1. The van der Waals surface area contributed by atoms with Gasteiger partial charge in [0.15, 0.2) is 11.6 Å². The molecule has 2 aromatic heterocycles. The van der Waals surface area contributed by atoms with E-state index < -0.39 is 11.2 Å². The molecule has 4 rings (SSSR count). The standard InChI is InChI=1S/C26H20ClN3O4/c1-15-6-11-21-25(34)22(24(33)18-4-3-5-19(27)12-18)13-30(26(21)28-15)14-23(32)29-20-9-7-17(8-10-20)16(2)31/h3-13H,14H2,1-2H3,(H,29,32). The molecule has 0 bridgehead atoms. The number of amides is 1. The van der Waals surface area contributed by atoms with Crippen LogP contribution in [-0.2, 0) is 11.3 Å². The third kappa shape index (κ3) is 4.79. The van der Waals surface area contributed by atoms with Crippen molar-refractivity contribution in [2.75, 3.05) is 5.32 Å². The van der Waals surface area contributed by atoms with Crippen LogP contribution >= 0.6 is 11.6 Å². The van der Waals surface area contributed by atoms with Gasteiger partial charge in [0, 0.05) is 33.7 Å². The Morgan fingerprint density at radius 1 is 1.00 bits per heavy atom. The molecule has 34 heavy (non-hydrogen) atoms. The van der Waals surface area contributed by atoms with Gasteiger partial charge in [-0.15, -0.1) is 0 Å². The Labute approximate surface area is 200 Å². The predicted octanol–water partition coefficient (Wildman–Crippen LogP) is 4.43. The van der Waals surface area contributed by atoms with Crippen LogP contribution in [-0.4, -0.2) is 27.0 Å².